The Hall–Kier alpha value is -6.37. The van der Waals surface area contributed by atoms with Crippen LogP contribution < -0.4 is 0 Å². The van der Waals surface area contributed by atoms with Gasteiger partial charge in [0.05, 0.1) is 5.56 Å². The van der Waals surface area contributed by atoms with Crippen LogP contribution in [0.2, 0.25) is 0 Å². The van der Waals surface area contributed by atoms with Crippen LogP contribution in [0.5, 0.6) is 0 Å². The van der Waals surface area contributed by atoms with Gasteiger partial charge in [-0.3, -0.25) is 0 Å². The van der Waals surface area contributed by atoms with Crippen molar-refractivity contribution in [3.8, 4) is 56.4 Å². The molecular weight excluding hydrogens is 694 g/mol. The van der Waals surface area contributed by atoms with Gasteiger partial charge in [0.15, 0.2) is 17.5 Å². The summed E-state index contributed by atoms with van der Waals surface area (Å²) in [6.07, 6.45) is 0. The minimum absolute atomic E-state index is 0.537. The first kappa shape index (κ1) is 29.5. The Labute approximate surface area is 301 Å². The molecule has 0 bridgehead atoms. The van der Waals surface area contributed by atoms with Crippen LogP contribution in [0, 0.1) is 0 Å². The van der Waals surface area contributed by atoms with Crippen LogP contribution in [0.15, 0.2) is 171 Å². The molecule has 0 aliphatic rings. The molecule has 10 rings (SSSR count). The number of benzene rings is 7. The fourth-order valence-corrected chi connectivity index (χ4v) is 7.39. The molecule has 10 aromatic rings. The fraction of sp³-hybridized carbons (Fsp3) is 0. The van der Waals surface area contributed by atoms with Crippen LogP contribution in [0.1, 0.15) is 0 Å². The molecule has 0 saturated heterocycles. The molecule has 0 spiro atoms. The van der Waals surface area contributed by atoms with E-state index in [1.165, 1.54) is 0 Å². The molecule has 7 aromatic carbocycles. The predicted octanol–water partition coefficient (Wildman–Crippen LogP) is 12.8. The van der Waals surface area contributed by atoms with Crippen molar-refractivity contribution >= 4 is 59.8 Å². The maximum Gasteiger partial charge on any atom is 0.167 e. The number of halogens is 1. The van der Waals surface area contributed by atoms with E-state index in [0.29, 0.717) is 17.5 Å². The number of furan rings is 2. The van der Waals surface area contributed by atoms with E-state index < -0.39 is 0 Å². The van der Waals surface area contributed by atoms with E-state index in [2.05, 4.69) is 107 Å². The zero-order valence-electron chi connectivity index (χ0n) is 27.0. The molecule has 240 valence electrons. The van der Waals surface area contributed by atoms with Crippen molar-refractivity contribution in [1.82, 2.24) is 15.0 Å². The van der Waals surface area contributed by atoms with Crippen molar-refractivity contribution in [2.75, 3.05) is 0 Å². The molecule has 0 aliphatic carbocycles. The Morgan fingerprint density at radius 3 is 1.73 bits per heavy atom. The van der Waals surface area contributed by atoms with E-state index in [4.69, 9.17) is 23.8 Å². The van der Waals surface area contributed by atoms with E-state index in [1.54, 1.807) is 0 Å². The molecule has 5 nitrogen and oxygen atoms in total. The predicted molar refractivity (Wildman–Crippen MR) is 209 cm³/mol. The van der Waals surface area contributed by atoms with Crippen LogP contribution in [-0.2, 0) is 0 Å². The van der Waals surface area contributed by atoms with Gasteiger partial charge in [-0.2, -0.15) is 0 Å². The third-order valence-electron chi connectivity index (χ3n) is 9.42. The first-order chi connectivity index (χ1) is 25.2. The van der Waals surface area contributed by atoms with Crippen molar-refractivity contribution in [3.63, 3.8) is 0 Å². The third-order valence-corrected chi connectivity index (χ3v) is 9.91. The summed E-state index contributed by atoms with van der Waals surface area (Å²) in [4.78, 5) is 15.4. The molecule has 0 fully saturated rings. The van der Waals surface area contributed by atoms with Crippen LogP contribution in [0.25, 0.3) is 100 Å². The van der Waals surface area contributed by atoms with Gasteiger partial charge >= 0.3 is 0 Å². The highest BCUT2D eigenvalue weighted by Gasteiger charge is 2.20. The Bertz CT molecular complexity index is 2940. The quantitative estimate of drug-likeness (QED) is 0.177. The maximum absolute atomic E-state index is 6.44. The number of hydrogen-bond acceptors (Lipinski definition) is 5. The standard InChI is InChI=1S/C45H26BrN3O2/c46-32-12-6-11-31(26-32)30-10-5-9-29(25-30)27-21-23-28(24-22-27)43-47-44(36-16-8-20-40-41(36)35-14-2-4-19-39(35)50-40)49-45(48-43)37-17-7-15-34-33-13-1-3-18-38(33)51-42(34)37/h1-26H. The molecule has 3 heterocycles. The van der Waals surface area contributed by atoms with Gasteiger partial charge < -0.3 is 8.83 Å². The normalized spacial score (nSPS) is 11.6. The Balaban J connectivity index is 1.14. The van der Waals surface area contributed by atoms with Crippen molar-refractivity contribution in [2.24, 2.45) is 0 Å². The molecule has 0 saturated carbocycles. The second-order valence-electron chi connectivity index (χ2n) is 12.5. The molecule has 6 heteroatoms. The van der Waals surface area contributed by atoms with Gasteiger partial charge in [-0.25, -0.2) is 15.0 Å². The third kappa shape index (κ3) is 5.11. The summed E-state index contributed by atoms with van der Waals surface area (Å²) in [5, 5.41) is 4.06. The summed E-state index contributed by atoms with van der Waals surface area (Å²) in [6, 6.07) is 53.7. The first-order valence-electron chi connectivity index (χ1n) is 16.7. The Morgan fingerprint density at radius 1 is 0.373 bits per heavy atom. The lowest BCUT2D eigenvalue weighted by molar-refractivity contribution is 0.668. The van der Waals surface area contributed by atoms with E-state index in [9.17, 15) is 0 Å². The van der Waals surface area contributed by atoms with Gasteiger partial charge in [-0.1, -0.05) is 131 Å². The summed E-state index contributed by atoms with van der Waals surface area (Å²) in [5.74, 6) is 1.67. The summed E-state index contributed by atoms with van der Waals surface area (Å²) >= 11 is 3.61. The summed E-state index contributed by atoms with van der Waals surface area (Å²) < 4.78 is 13.7. The second kappa shape index (κ2) is 11.9. The van der Waals surface area contributed by atoms with Gasteiger partial charge in [0, 0.05) is 37.1 Å². The molecule has 0 radical (unpaired) electrons. The number of rotatable bonds is 5. The van der Waals surface area contributed by atoms with E-state index >= 15 is 0 Å². The minimum Gasteiger partial charge on any atom is -0.456 e. The van der Waals surface area contributed by atoms with Gasteiger partial charge in [0.2, 0.25) is 0 Å². The van der Waals surface area contributed by atoms with Gasteiger partial charge in [-0.05, 0) is 64.7 Å². The summed E-state index contributed by atoms with van der Waals surface area (Å²) in [5.41, 5.74) is 10.3. The molecule has 0 unspecified atom stereocenters. The smallest absolute Gasteiger partial charge is 0.167 e. The van der Waals surface area contributed by atoms with Crippen molar-refractivity contribution in [2.45, 2.75) is 0 Å². The number of para-hydroxylation sites is 3. The van der Waals surface area contributed by atoms with Crippen LogP contribution in [-0.4, -0.2) is 15.0 Å². The van der Waals surface area contributed by atoms with Crippen molar-refractivity contribution < 1.29 is 8.83 Å². The number of hydrogen-bond donors (Lipinski definition) is 0. The Kier molecular flexibility index (Phi) is 6.89. The van der Waals surface area contributed by atoms with Crippen molar-refractivity contribution in [3.05, 3.63) is 162 Å². The lowest BCUT2D eigenvalue weighted by Crippen LogP contribution is -2.00. The van der Waals surface area contributed by atoms with E-state index in [-0.39, 0.29) is 0 Å². The first-order valence-corrected chi connectivity index (χ1v) is 17.5. The summed E-state index contributed by atoms with van der Waals surface area (Å²) in [7, 11) is 0. The van der Waals surface area contributed by atoms with Gasteiger partial charge in [-0.15, -0.1) is 0 Å². The monoisotopic (exact) mass is 719 g/mol. The average Bonchev–Trinajstić information content (AvgIpc) is 3.77. The fourth-order valence-electron chi connectivity index (χ4n) is 6.99. The minimum atomic E-state index is 0.537. The zero-order valence-corrected chi connectivity index (χ0v) is 28.6. The molecule has 0 amide bonds. The molecule has 0 N–H and O–H groups in total. The maximum atomic E-state index is 6.44. The SMILES string of the molecule is Brc1cccc(-c2cccc(-c3ccc(-c4nc(-c5cccc6c5oc5ccccc56)nc(-c5cccc6oc7ccccc7c56)n4)cc3)c2)c1. The molecule has 0 atom stereocenters. The summed E-state index contributed by atoms with van der Waals surface area (Å²) in [6.45, 7) is 0. The number of nitrogens with zero attached hydrogens (tertiary/aromatic N) is 3. The van der Waals surface area contributed by atoms with Crippen LogP contribution in [0.3, 0.4) is 0 Å². The van der Waals surface area contributed by atoms with Crippen LogP contribution in [0.4, 0.5) is 0 Å². The molecule has 0 aliphatic heterocycles. The number of aromatic nitrogens is 3. The Morgan fingerprint density at radius 2 is 0.922 bits per heavy atom. The lowest BCUT2D eigenvalue weighted by atomic mass is 9.98. The van der Waals surface area contributed by atoms with E-state index in [0.717, 1.165) is 87.3 Å². The largest absolute Gasteiger partial charge is 0.456 e. The van der Waals surface area contributed by atoms with E-state index in [1.807, 2.05) is 66.7 Å². The highest BCUT2D eigenvalue weighted by molar-refractivity contribution is 9.10. The number of fused-ring (bicyclic) bond motifs is 6. The van der Waals surface area contributed by atoms with Crippen LogP contribution >= 0.6 is 15.9 Å². The van der Waals surface area contributed by atoms with Crippen molar-refractivity contribution in [1.29, 1.82) is 0 Å². The molecule has 51 heavy (non-hydrogen) atoms. The van der Waals surface area contributed by atoms with Gasteiger partial charge in [0.25, 0.3) is 0 Å². The highest BCUT2D eigenvalue weighted by atomic mass is 79.9. The average molecular weight is 721 g/mol. The zero-order chi connectivity index (χ0) is 33.9. The second-order valence-corrected chi connectivity index (χ2v) is 13.4. The topological polar surface area (TPSA) is 65.0 Å². The highest BCUT2D eigenvalue weighted by Crippen LogP contribution is 2.39. The molecule has 3 aromatic heterocycles. The lowest BCUT2D eigenvalue weighted by Gasteiger charge is -2.10. The van der Waals surface area contributed by atoms with Gasteiger partial charge in [0.1, 0.15) is 22.3 Å². The molecular formula is C45H26BrN3O2.